The molecule has 1 aromatic rings. The molecule has 2 N–H and O–H groups in total. The van der Waals surface area contributed by atoms with Crippen molar-refractivity contribution >= 4 is 5.69 Å². The van der Waals surface area contributed by atoms with Crippen molar-refractivity contribution in [2.24, 2.45) is 0 Å². The van der Waals surface area contributed by atoms with Crippen LogP contribution in [0.15, 0.2) is 18.2 Å². The Hall–Kier alpha value is -1.42. The molecule has 4 nitrogen and oxygen atoms in total. The van der Waals surface area contributed by atoms with Crippen LogP contribution in [0.4, 0.5) is 5.69 Å². The second kappa shape index (κ2) is 4.84. The Kier molecular flexibility index (Phi) is 3.43. The van der Waals surface area contributed by atoms with Gasteiger partial charge in [0.25, 0.3) is 0 Å². The molecule has 0 unspecified atom stereocenters. The first-order valence-corrected chi connectivity index (χ1v) is 5.91. The Morgan fingerprint density at radius 3 is 2.82 bits per heavy atom. The number of para-hydroxylation sites is 1. The van der Waals surface area contributed by atoms with Crippen LogP contribution in [0.25, 0.3) is 0 Å². The molecule has 0 fully saturated rings. The highest BCUT2D eigenvalue weighted by atomic mass is 16.6. The molecule has 0 spiro atoms. The van der Waals surface area contributed by atoms with Crippen LogP contribution >= 0.6 is 0 Å². The molecule has 0 radical (unpaired) electrons. The highest BCUT2D eigenvalue weighted by Crippen LogP contribution is 2.37. The van der Waals surface area contributed by atoms with E-state index in [-0.39, 0.29) is 0 Å². The summed E-state index contributed by atoms with van der Waals surface area (Å²) in [7, 11) is 0. The predicted octanol–water partition coefficient (Wildman–Crippen LogP) is 2.03. The van der Waals surface area contributed by atoms with Crippen molar-refractivity contribution in [2.45, 2.75) is 25.9 Å². The van der Waals surface area contributed by atoms with Crippen molar-refractivity contribution in [1.29, 1.82) is 0 Å². The average Bonchev–Trinajstić information content (AvgIpc) is 2.28. The first-order valence-electron chi connectivity index (χ1n) is 5.91. The van der Waals surface area contributed by atoms with Gasteiger partial charge in [-0.25, -0.2) is 0 Å². The number of ether oxygens (including phenoxy) is 2. The van der Waals surface area contributed by atoms with Crippen LogP contribution in [-0.2, 0) is 0 Å². The topological polar surface area (TPSA) is 50.7 Å². The van der Waals surface area contributed by atoms with Gasteiger partial charge in [-0.3, -0.25) is 0 Å². The molecule has 0 atom stereocenters. The quantitative estimate of drug-likeness (QED) is 0.841. The van der Waals surface area contributed by atoms with Gasteiger partial charge in [0.2, 0.25) is 0 Å². The summed E-state index contributed by atoms with van der Waals surface area (Å²) in [6.45, 7) is 5.48. The molecular formula is C13H19NO3. The fourth-order valence-corrected chi connectivity index (χ4v) is 1.72. The number of rotatable bonds is 4. The molecule has 94 valence electrons. The molecule has 1 aliphatic rings. The summed E-state index contributed by atoms with van der Waals surface area (Å²) in [5.41, 5.74) is 0.269. The summed E-state index contributed by atoms with van der Waals surface area (Å²) in [6.07, 6.45) is 0.678. The van der Waals surface area contributed by atoms with Crippen LogP contribution in [-0.4, -0.2) is 30.5 Å². The van der Waals surface area contributed by atoms with Gasteiger partial charge in [-0.05, 0) is 32.4 Å². The number of fused-ring (bicyclic) bond motifs is 1. The molecule has 1 aromatic carbocycles. The maximum atomic E-state index is 9.64. The molecule has 0 bridgehead atoms. The number of hydrogen-bond acceptors (Lipinski definition) is 4. The van der Waals surface area contributed by atoms with Gasteiger partial charge in [0.1, 0.15) is 13.2 Å². The number of anilines is 1. The Bertz CT molecular complexity index is 385. The van der Waals surface area contributed by atoms with Crippen LogP contribution < -0.4 is 14.8 Å². The molecule has 17 heavy (non-hydrogen) atoms. The van der Waals surface area contributed by atoms with Crippen molar-refractivity contribution in [1.82, 2.24) is 0 Å². The van der Waals surface area contributed by atoms with Crippen molar-refractivity contribution in [3.63, 3.8) is 0 Å². The number of hydrogen-bond donors (Lipinski definition) is 2. The summed E-state index contributed by atoms with van der Waals surface area (Å²) < 4.78 is 11.1. The minimum Gasteiger partial charge on any atom is -0.486 e. The molecule has 0 saturated carbocycles. The second-order valence-corrected chi connectivity index (χ2v) is 4.82. The SMILES string of the molecule is CC(C)(O)CCNc1cccc2c1OCCO2. The van der Waals surface area contributed by atoms with Crippen molar-refractivity contribution in [3.05, 3.63) is 18.2 Å². The lowest BCUT2D eigenvalue weighted by Crippen LogP contribution is -2.23. The summed E-state index contributed by atoms with van der Waals surface area (Å²) in [5.74, 6) is 1.55. The number of aliphatic hydroxyl groups is 1. The fraction of sp³-hybridized carbons (Fsp3) is 0.538. The molecule has 2 rings (SSSR count). The van der Waals surface area contributed by atoms with E-state index in [0.717, 1.165) is 17.2 Å². The monoisotopic (exact) mass is 237 g/mol. The zero-order chi connectivity index (χ0) is 12.3. The van der Waals surface area contributed by atoms with E-state index in [1.54, 1.807) is 13.8 Å². The van der Waals surface area contributed by atoms with Crippen LogP contribution in [0, 0.1) is 0 Å². The van der Waals surface area contributed by atoms with Gasteiger partial charge in [0, 0.05) is 6.54 Å². The highest BCUT2D eigenvalue weighted by molar-refractivity contribution is 5.63. The zero-order valence-electron chi connectivity index (χ0n) is 10.3. The summed E-state index contributed by atoms with van der Waals surface area (Å²) in [4.78, 5) is 0. The van der Waals surface area contributed by atoms with Gasteiger partial charge in [0.05, 0.1) is 11.3 Å². The largest absolute Gasteiger partial charge is 0.486 e. The molecule has 4 heteroatoms. The number of benzene rings is 1. The van der Waals surface area contributed by atoms with E-state index >= 15 is 0 Å². The van der Waals surface area contributed by atoms with Gasteiger partial charge in [-0.15, -0.1) is 0 Å². The lowest BCUT2D eigenvalue weighted by molar-refractivity contribution is 0.0748. The van der Waals surface area contributed by atoms with E-state index in [1.165, 1.54) is 0 Å². The third-order valence-corrected chi connectivity index (χ3v) is 2.62. The highest BCUT2D eigenvalue weighted by Gasteiger charge is 2.16. The maximum Gasteiger partial charge on any atom is 0.184 e. The van der Waals surface area contributed by atoms with Gasteiger partial charge in [-0.2, -0.15) is 0 Å². The Balaban J connectivity index is 2.01. The normalized spacial score (nSPS) is 14.5. The van der Waals surface area contributed by atoms with E-state index in [0.29, 0.717) is 26.2 Å². The van der Waals surface area contributed by atoms with E-state index in [2.05, 4.69) is 5.32 Å². The second-order valence-electron chi connectivity index (χ2n) is 4.82. The first-order chi connectivity index (χ1) is 8.06. The lowest BCUT2D eigenvalue weighted by Gasteiger charge is -2.22. The zero-order valence-corrected chi connectivity index (χ0v) is 10.3. The maximum absolute atomic E-state index is 9.64. The Morgan fingerprint density at radius 1 is 1.29 bits per heavy atom. The summed E-state index contributed by atoms with van der Waals surface area (Å²) in [6, 6.07) is 5.79. The van der Waals surface area contributed by atoms with Gasteiger partial charge in [0.15, 0.2) is 11.5 Å². The molecule has 0 saturated heterocycles. The van der Waals surface area contributed by atoms with Gasteiger partial charge < -0.3 is 19.9 Å². The average molecular weight is 237 g/mol. The molecule has 1 heterocycles. The summed E-state index contributed by atoms with van der Waals surface area (Å²) in [5, 5.41) is 12.9. The fourth-order valence-electron chi connectivity index (χ4n) is 1.72. The van der Waals surface area contributed by atoms with E-state index in [1.807, 2.05) is 18.2 Å². The standard InChI is InChI=1S/C13H19NO3/c1-13(2,15)6-7-14-10-4-3-5-11-12(10)17-9-8-16-11/h3-5,14-15H,6-9H2,1-2H3. The molecule has 0 aromatic heterocycles. The molecule has 0 aliphatic carbocycles. The van der Waals surface area contributed by atoms with Crippen molar-refractivity contribution in [2.75, 3.05) is 25.1 Å². The third-order valence-electron chi connectivity index (χ3n) is 2.62. The van der Waals surface area contributed by atoms with Gasteiger partial charge in [-0.1, -0.05) is 6.07 Å². The van der Waals surface area contributed by atoms with Crippen molar-refractivity contribution in [3.8, 4) is 11.5 Å². The molecule has 0 amide bonds. The Labute approximate surface area is 102 Å². The van der Waals surface area contributed by atoms with E-state index < -0.39 is 5.60 Å². The lowest BCUT2D eigenvalue weighted by atomic mass is 10.1. The van der Waals surface area contributed by atoms with E-state index in [9.17, 15) is 5.11 Å². The first kappa shape index (κ1) is 12.0. The minimum absolute atomic E-state index is 0.581. The van der Waals surface area contributed by atoms with Crippen molar-refractivity contribution < 1.29 is 14.6 Å². The summed E-state index contributed by atoms with van der Waals surface area (Å²) >= 11 is 0. The van der Waals surface area contributed by atoms with Gasteiger partial charge >= 0.3 is 0 Å². The van der Waals surface area contributed by atoms with Crippen LogP contribution in [0.2, 0.25) is 0 Å². The molecular weight excluding hydrogens is 218 g/mol. The van der Waals surface area contributed by atoms with Crippen LogP contribution in [0.3, 0.4) is 0 Å². The minimum atomic E-state index is -0.654. The molecule has 1 aliphatic heterocycles. The number of nitrogens with one attached hydrogen (secondary N) is 1. The Morgan fingerprint density at radius 2 is 2.06 bits per heavy atom. The van der Waals surface area contributed by atoms with Crippen LogP contribution in [0.1, 0.15) is 20.3 Å². The van der Waals surface area contributed by atoms with E-state index in [4.69, 9.17) is 9.47 Å². The van der Waals surface area contributed by atoms with Crippen LogP contribution in [0.5, 0.6) is 11.5 Å². The third kappa shape index (κ3) is 3.27. The smallest absolute Gasteiger partial charge is 0.184 e. The predicted molar refractivity (Wildman–Crippen MR) is 66.8 cm³/mol.